The van der Waals surface area contributed by atoms with E-state index in [9.17, 15) is 4.79 Å². The van der Waals surface area contributed by atoms with Crippen LogP contribution in [0.25, 0.3) is 0 Å². The number of hydrogen-bond donors (Lipinski definition) is 0. The third-order valence-electron chi connectivity index (χ3n) is 0.772. The molecule has 0 aliphatic rings. The van der Waals surface area contributed by atoms with E-state index in [1.807, 2.05) is 0 Å². The van der Waals surface area contributed by atoms with Crippen LogP contribution in [0.1, 0.15) is 6.92 Å². The van der Waals surface area contributed by atoms with E-state index in [1.165, 1.54) is 12.2 Å². The van der Waals surface area contributed by atoms with Crippen LogP contribution >= 0.6 is 0 Å². The molecule has 3 nitrogen and oxygen atoms in total. The Morgan fingerprint density at radius 3 is 2.31 bits per heavy atom. The maximum absolute atomic E-state index is 10.5. The summed E-state index contributed by atoms with van der Waals surface area (Å²) in [7, 11) is 0. The maximum Gasteiger partial charge on any atom is 0.333 e. The van der Waals surface area contributed by atoms with E-state index in [4.69, 9.17) is 5.26 Å². The van der Waals surface area contributed by atoms with Gasteiger partial charge < -0.3 is 4.74 Å². The van der Waals surface area contributed by atoms with Crippen LogP contribution in [-0.4, -0.2) is 12.6 Å². The van der Waals surface area contributed by atoms with E-state index in [2.05, 4.69) is 24.5 Å². The largest absolute Gasteiger partial charge is 0.458 e. The van der Waals surface area contributed by atoms with Crippen LogP contribution in [0.5, 0.6) is 0 Å². The third kappa shape index (κ3) is 13.2. The summed E-state index contributed by atoms with van der Waals surface area (Å²) in [6.45, 7) is 11.8. The number of nitriles is 1. The average molecular weight is 179 g/mol. The van der Waals surface area contributed by atoms with Crippen molar-refractivity contribution >= 4 is 5.97 Å². The SMILES string of the molecule is C=CC#N.C=CCOC(=O)C(=C)C. The van der Waals surface area contributed by atoms with Gasteiger partial charge >= 0.3 is 5.97 Å². The molecule has 0 N–H and O–H groups in total. The highest BCUT2D eigenvalue weighted by atomic mass is 16.5. The van der Waals surface area contributed by atoms with Gasteiger partial charge in [-0.25, -0.2) is 4.79 Å². The van der Waals surface area contributed by atoms with Gasteiger partial charge in [-0.05, 0) is 6.92 Å². The fourth-order valence-corrected chi connectivity index (χ4v) is 0.258. The highest BCUT2D eigenvalue weighted by Crippen LogP contribution is 1.90. The summed E-state index contributed by atoms with van der Waals surface area (Å²) in [6.07, 6.45) is 2.70. The molecule has 0 bridgehead atoms. The molecule has 0 unspecified atom stereocenters. The summed E-state index contributed by atoms with van der Waals surface area (Å²) in [4.78, 5) is 10.5. The predicted molar refractivity (Wildman–Crippen MR) is 51.8 cm³/mol. The summed E-state index contributed by atoms with van der Waals surface area (Å²) in [6, 6.07) is 1.69. The number of hydrogen-bond acceptors (Lipinski definition) is 3. The zero-order valence-electron chi connectivity index (χ0n) is 7.75. The smallest absolute Gasteiger partial charge is 0.333 e. The van der Waals surface area contributed by atoms with Crippen molar-refractivity contribution in [2.45, 2.75) is 6.92 Å². The summed E-state index contributed by atoms with van der Waals surface area (Å²) < 4.78 is 4.60. The molecule has 0 heterocycles. The number of nitrogens with zero attached hydrogens (tertiary/aromatic N) is 1. The monoisotopic (exact) mass is 179 g/mol. The molecule has 70 valence electrons. The Kier molecular flexibility index (Phi) is 10.8. The molecule has 0 saturated carbocycles. The lowest BCUT2D eigenvalue weighted by molar-refractivity contribution is -0.137. The van der Waals surface area contributed by atoms with E-state index < -0.39 is 0 Å². The minimum absolute atomic E-state index is 0.256. The van der Waals surface area contributed by atoms with Crippen LogP contribution < -0.4 is 0 Å². The van der Waals surface area contributed by atoms with Gasteiger partial charge in [0.2, 0.25) is 0 Å². The highest BCUT2D eigenvalue weighted by Gasteiger charge is 1.98. The minimum atomic E-state index is -0.366. The van der Waals surface area contributed by atoms with Gasteiger partial charge in [0.15, 0.2) is 0 Å². The van der Waals surface area contributed by atoms with Crippen molar-refractivity contribution in [2.75, 3.05) is 6.61 Å². The Balaban J connectivity index is 0. The van der Waals surface area contributed by atoms with Crippen LogP contribution in [0, 0.1) is 11.3 Å². The highest BCUT2D eigenvalue weighted by molar-refractivity contribution is 5.86. The van der Waals surface area contributed by atoms with E-state index in [0.29, 0.717) is 5.57 Å². The second-order valence-electron chi connectivity index (χ2n) is 2.00. The maximum atomic E-state index is 10.5. The van der Waals surface area contributed by atoms with Gasteiger partial charge in [0.1, 0.15) is 6.61 Å². The molecule has 0 aliphatic carbocycles. The molecule has 0 aromatic heterocycles. The van der Waals surface area contributed by atoms with E-state index in [-0.39, 0.29) is 12.6 Å². The van der Waals surface area contributed by atoms with E-state index >= 15 is 0 Å². The lowest BCUT2D eigenvalue weighted by atomic mass is 10.4. The van der Waals surface area contributed by atoms with Crippen molar-refractivity contribution in [3.8, 4) is 6.07 Å². The van der Waals surface area contributed by atoms with Gasteiger partial charge in [-0.2, -0.15) is 5.26 Å². The van der Waals surface area contributed by atoms with E-state index in [1.54, 1.807) is 13.0 Å². The fourth-order valence-electron chi connectivity index (χ4n) is 0.258. The molecule has 0 saturated heterocycles. The molecule has 0 spiro atoms. The van der Waals surface area contributed by atoms with Crippen LogP contribution in [-0.2, 0) is 9.53 Å². The quantitative estimate of drug-likeness (QED) is 0.288. The van der Waals surface area contributed by atoms with Crippen LogP contribution in [0.3, 0.4) is 0 Å². The first-order chi connectivity index (χ1) is 6.09. The van der Waals surface area contributed by atoms with Gasteiger partial charge in [0.05, 0.1) is 6.07 Å². The van der Waals surface area contributed by atoms with Gasteiger partial charge in [0, 0.05) is 11.6 Å². The Morgan fingerprint density at radius 1 is 1.62 bits per heavy atom. The summed E-state index contributed by atoms with van der Waals surface area (Å²) in [5.74, 6) is -0.366. The van der Waals surface area contributed by atoms with Crippen molar-refractivity contribution in [1.82, 2.24) is 0 Å². The molecule has 0 rings (SSSR count). The van der Waals surface area contributed by atoms with Crippen LogP contribution in [0.2, 0.25) is 0 Å². The third-order valence-corrected chi connectivity index (χ3v) is 0.772. The van der Waals surface area contributed by atoms with Gasteiger partial charge in [-0.15, -0.1) is 0 Å². The number of ether oxygens (including phenoxy) is 1. The van der Waals surface area contributed by atoms with Crippen molar-refractivity contribution in [1.29, 1.82) is 5.26 Å². The van der Waals surface area contributed by atoms with Gasteiger partial charge in [-0.1, -0.05) is 25.8 Å². The number of carbonyl (C=O) groups excluding carboxylic acids is 1. The summed E-state index contributed by atoms with van der Waals surface area (Å²) >= 11 is 0. The van der Waals surface area contributed by atoms with Gasteiger partial charge in [0.25, 0.3) is 0 Å². The number of rotatable bonds is 3. The number of allylic oxidation sites excluding steroid dienone is 1. The Labute approximate surface area is 78.6 Å². The van der Waals surface area contributed by atoms with Gasteiger partial charge in [-0.3, -0.25) is 0 Å². The molecule has 0 radical (unpaired) electrons. The first kappa shape index (κ1) is 13.7. The fraction of sp³-hybridized carbons (Fsp3) is 0.200. The van der Waals surface area contributed by atoms with Crippen molar-refractivity contribution in [2.24, 2.45) is 0 Å². The van der Waals surface area contributed by atoms with E-state index in [0.717, 1.165) is 0 Å². The van der Waals surface area contributed by atoms with Crippen molar-refractivity contribution in [3.05, 3.63) is 37.5 Å². The molecule has 0 fully saturated rings. The lowest BCUT2D eigenvalue weighted by Gasteiger charge is -1.97. The minimum Gasteiger partial charge on any atom is -0.458 e. The summed E-state index contributed by atoms with van der Waals surface area (Å²) in [5.41, 5.74) is 0.414. The number of esters is 1. The molecular formula is C10H13NO2. The van der Waals surface area contributed by atoms with Crippen LogP contribution in [0.15, 0.2) is 37.5 Å². The summed E-state index contributed by atoms with van der Waals surface area (Å²) in [5, 5.41) is 7.51. The second-order valence-corrected chi connectivity index (χ2v) is 2.00. The first-order valence-corrected chi connectivity index (χ1v) is 3.54. The topological polar surface area (TPSA) is 50.1 Å². The molecule has 0 atom stereocenters. The molecule has 0 aromatic rings. The number of carbonyl (C=O) groups is 1. The second kappa shape index (κ2) is 10.2. The first-order valence-electron chi connectivity index (χ1n) is 3.54. The standard InChI is InChI=1S/C7H10O2.C3H3N/c1-4-5-9-7(8)6(2)3;1-2-3-4/h4H,1-2,5H2,3H3;2H,1H2. The van der Waals surface area contributed by atoms with Crippen LogP contribution in [0.4, 0.5) is 0 Å². The van der Waals surface area contributed by atoms with Crippen molar-refractivity contribution < 1.29 is 9.53 Å². The predicted octanol–water partition coefficient (Wildman–Crippen LogP) is 1.99. The van der Waals surface area contributed by atoms with Crippen molar-refractivity contribution in [3.63, 3.8) is 0 Å². The average Bonchev–Trinajstić information content (AvgIpc) is 2.14. The zero-order chi connectivity index (χ0) is 10.7. The molecule has 3 heteroatoms. The molecule has 0 aliphatic heterocycles. The Bertz CT molecular complexity index is 236. The zero-order valence-corrected chi connectivity index (χ0v) is 7.75. The Hall–Kier alpha value is -1.82. The molecule has 0 amide bonds. The molecular weight excluding hydrogens is 166 g/mol. The molecule has 13 heavy (non-hydrogen) atoms. The normalized spacial score (nSPS) is 6.77. The molecule has 0 aromatic carbocycles. The lowest BCUT2D eigenvalue weighted by Crippen LogP contribution is -2.03. The Morgan fingerprint density at radius 2 is 2.08 bits per heavy atom.